The van der Waals surface area contributed by atoms with Crippen molar-refractivity contribution in [1.82, 2.24) is 9.13 Å². The van der Waals surface area contributed by atoms with Crippen LogP contribution in [0, 0.1) is 0 Å². The molecular weight excluding hydrogens is 1220 g/mol. The van der Waals surface area contributed by atoms with Gasteiger partial charge in [-0.25, -0.2) is 0 Å². The van der Waals surface area contributed by atoms with Crippen LogP contribution in [0.1, 0.15) is 37.3 Å². The summed E-state index contributed by atoms with van der Waals surface area (Å²) < 4.78 is 79.3. The lowest BCUT2D eigenvalue weighted by molar-refractivity contribution is 0.590. The fraction of sp³-hybridized carbons (Fsp3) is 0.0417. The summed E-state index contributed by atoms with van der Waals surface area (Å²) in [6.45, 7) is 6.36. The van der Waals surface area contributed by atoms with Gasteiger partial charge in [0.25, 0.3) is 6.71 Å². The minimum atomic E-state index is -0.498. The molecule has 4 heterocycles. The molecule has 0 fully saturated rings. The van der Waals surface area contributed by atoms with Gasteiger partial charge in [0.2, 0.25) is 0 Å². The number of hydrogen-bond donors (Lipinski definition) is 0. The highest BCUT2D eigenvalue weighted by atomic mass is 15.2. The van der Waals surface area contributed by atoms with Crippen LogP contribution in [-0.2, 0) is 5.41 Å². The second kappa shape index (κ2) is 23.0. The van der Waals surface area contributed by atoms with Gasteiger partial charge in [-0.15, -0.1) is 0 Å². The third kappa shape index (κ3) is 9.16. The molecule has 20 rings (SSSR count). The van der Waals surface area contributed by atoms with Crippen molar-refractivity contribution < 1.29 is 11.0 Å². The first-order chi connectivity index (χ1) is 53.1. The van der Waals surface area contributed by atoms with Crippen LogP contribution < -0.4 is 26.2 Å². The van der Waals surface area contributed by atoms with Crippen molar-refractivity contribution in [2.45, 2.75) is 26.2 Å². The summed E-state index contributed by atoms with van der Waals surface area (Å²) in [7, 11) is 0. The third-order valence-corrected chi connectivity index (χ3v) is 21.1. The Hall–Kier alpha value is -12.7. The van der Waals surface area contributed by atoms with Crippen LogP contribution in [0.2, 0.25) is 0 Å². The predicted octanol–water partition coefficient (Wildman–Crippen LogP) is 23.9. The summed E-state index contributed by atoms with van der Waals surface area (Å²) >= 11 is 0. The lowest BCUT2D eigenvalue weighted by Gasteiger charge is -2.46. The number of benzene rings is 16. The second-order valence-corrected chi connectivity index (χ2v) is 27.7. The zero-order chi connectivity index (χ0) is 74.0. The average Bonchev–Trinajstić information content (AvgIpc) is 1.51. The molecule has 0 aliphatic carbocycles. The molecule has 0 saturated carbocycles. The molecule has 2 aliphatic heterocycles. The minimum absolute atomic E-state index is 0.0122. The van der Waals surface area contributed by atoms with Crippen LogP contribution >= 0.6 is 0 Å². The highest BCUT2D eigenvalue weighted by Crippen LogP contribution is 2.55. The Morgan fingerprint density at radius 1 is 0.297 bits per heavy atom. The van der Waals surface area contributed by atoms with Gasteiger partial charge in [-0.2, -0.15) is 0 Å². The van der Waals surface area contributed by atoms with Crippen LogP contribution in [-0.4, -0.2) is 15.8 Å². The van der Waals surface area contributed by atoms with Crippen LogP contribution in [0.3, 0.4) is 0 Å². The molecule has 0 bridgehead atoms. The molecule has 18 aromatic rings. The van der Waals surface area contributed by atoms with Crippen molar-refractivity contribution in [3.8, 4) is 67.0 Å². The first-order valence-electron chi connectivity index (χ1n) is 38.6. The number of rotatable bonds is 9. The average molecular weight is 1300 g/mol. The molecule has 101 heavy (non-hydrogen) atoms. The summed E-state index contributed by atoms with van der Waals surface area (Å²) in [6.07, 6.45) is 0. The monoisotopic (exact) mass is 1290 g/mol. The summed E-state index contributed by atoms with van der Waals surface area (Å²) in [5, 5.41) is 6.89. The normalized spacial score (nSPS) is 13.8. The zero-order valence-electron chi connectivity index (χ0n) is 63.7. The Bertz CT molecular complexity index is 6760. The van der Waals surface area contributed by atoms with Gasteiger partial charge < -0.3 is 18.9 Å². The molecule has 16 aromatic carbocycles. The fourth-order valence-corrected chi connectivity index (χ4v) is 16.5. The zero-order valence-corrected chi connectivity index (χ0v) is 55.7. The van der Waals surface area contributed by atoms with E-state index in [-0.39, 0.29) is 33.9 Å². The largest absolute Gasteiger partial charge is 0.310 e. The lowest BCUT2D eigenvalue weighted by atomic mass is 9.33. The van der Waals surface area contributed by atoms with Gasteiger partial charge in [-0.3, -0.25) is 0 Å². The Morgan fingerprint density at radius 3 is 1.40 bits per heavy atom. The summed E-state index contributed by atoms with van der Waals surface area (Å²) in [5.41, 5.74) is 23.1. The molecule has 5 heteroatoms. The van der Waals surface area contributed by atoms with E-state index < -0.39 is 48.4 Å². The van der Waals surface area contributed by atoms with E-state index in [4.69, 9.17) is 2.74 Å². The molecule has 4 nitrogen and oxygen atoms in total. The van der Waals surface area contributed by atoms with Crippen LogP contribution in [0.5, 0.6) is 0 Å². The van der Waals surface area contributed by atoms with E-state index in [1.54, 1.807) is 4.57 Å². The Morgan fingerprint density at radius 2 is 0.762 bits per heavy atom. The van der Waals surface area contributed by atoms with Crippen LogP contribution in [0.15, 0.2) is 352 Å². The number of fused-ring (bicyclic) bond motifs is 13. The van der Waals surface area contributed by atoms with E-state index in [1.165, 1.54) is 0 Å². The second-order valence-electron chi connectivity index (χ2n) is 27.7. The molecule has 474 valence electrons. The van der Waals surface area contributed by atoms with E-state index in [0.717, 1.165) is 161 Å². The quantitative estimate of drug-likeness (QED) is 0.106. The van der Waals surface area contributed by atoms with Gasteiger partial charge in [-0.05, 0) is 155 Å². The fourth-order valence-electron chi connectivity index (χ4n) is 16.5. The van der Waals surface area contributed by atoms with Crippen molar-refractivity contribution in [3.05, 3.63) is 357 Å². The van der Waals surface area contributed by atoms with Crippen LogP contribution in [0.4, 0.5) is 34.1 Å². The van der Waals surface area contributed by atoms with Crippen molar-refractivity contribution in [2.75, 3.05) is 9.80 Å². The van der Waals surface area contributed by atoms with Gasteiger partial charge >= 0.3 is 0 Å². The van der Waals surface area contributed by atoms with E-state index >= 15 is 0 Å². The lowest BCUT2D eigenvalue weighted by Crippen LogP contribution is -2.61. The van der Waals surface area contributed by atoms with Gasteiger partial charge in [0.15, 0.2) is 0 Å². The smallest absolute Gasteiger partial charge is 0.252 e. The summed E-state index contributed by atoms with van der Waals surface area (Å²) in [6, 6.07) is 106. The molecule has 2 aliphatic rings. The van der Waals surface area contributed by atoms with E-state index in [2.05, 4.69) is 320 Å². The maximum absolute atomic E-state index is 9.81. The predicted molar refractivity (Wildman–Crippen MR) is 430 cm³/mol. The Labute approximate surface area is 599 Å². The minimum Gasteiger partial charge on any atom is -0.310 e. The van der Waals surface area contributed by atoms with E-state index in [0.29, 0.717) is 5.69 Å². The molecule has 0 radical (unpaired) electrons. The van der Waals surface area contributed by atoms with Gasteiger partial charge in [0, 0.05) is 77.9 Å². The summed E-state index contributed by atoms with van der Waals surface area (Å²) in [5.74, 6) is 0. The number of aromatic nitrogens is 2. The highest BCUT2D eigenvalue weighted by molar-refractivity contribution is 7.00. The van der Waals surface area contributed by atoms with Gasteiger partial charge in [-0.1, -0.05) is 300 Å². The standard InChI is InChI=1S/C96H67BN4/c1-96(2,3)69-59-90-93-91(60-69)101(94-73(62-27-8-4-9-28-62)41-25-42-74(94)63-29-10-5-11-30-63)89-61-71(99-84-46-21-18-38-76(84)77-39-19-22-47-85(77)99)53-55-83(89)97(93)82-54-51-68(67-52-56-87-81(57-67)78-40-20-23-48-86(78)98(87)70-35-14-7-15-36-70)58-88(82)100(90)95-75(64-31-12-6-13-32-64)43-26-45-80(95)79-44-24-34-66-50-49-65-33-16-17-37-72(65)92(66)79/h4-61H,1-3H3/i18D,19D,21D,22D,38D,39D,46D,47D. The number of anilines is 6. The Kier molecular flexibility index (Phi) is 11.5. The SMILES string of the molecule is [2H]c1c([2H])c([2H])c2c(c1[2H])c1c([2H])c([2H])c([2H])c([2H])c1n2-c1ccc2c(c1)N(c1c(-c3ccccc3)cccc1-c1ccccc1)c1cc(C(C)(C)C)cc3c1B2c1ccc(-c2ccc4c(c2)c2ccccc2n4-c2ccccc2)cc1N3c1c(-c2ccccc2)cccc1-c1cccc2ccc3ccccc3c12. The first-order valence-corrected chi connectivity index (χ1v) is 34.6. The number of hydrogen-bond acceptors (Lipinski definition) is 2. The molecule has 0 saturated heterocycles. The molecule has 0 N–H and O–H groups in total. The van der Waals surface area contributed by atoms with E-state index in [9.17, 15) is 8.22 Å². The third-order valence-electron chi connectivity index (χ3n) is 21.1. The topological polar surface area (TPSA) is 16.3 Å². The molecular formula is C96H67BN4. The van der Waals surface area contributed by atoms with E-state index in [1.807, 2.05) is 18.2 Å². The van der Waals surface area contributed by atoms with Gasteiger partial charge in [0.05, 0.1) is 44.4 Å². The molecule has 2 aromatic heterocycles. The number of para-hydroxylation sites is 6. The van der Waals surface area contributed by atoms with Crippen molar-refractivity contribution >= 4 is 122 Å². The highest BCUT2D eigenvalue weighted by Gasteiger charge is 2.46. The molecule has 0 amide bonds. The Balaban J connectivity index is 0.956. The van der Waals surface area contributed by atoms with Crippen LogP contribution in [0.25, 0.3) is 132 Å². The van der Waals surface area contributed by atoms with Gasteiger partial charge in [0.1, 0.15) is 0 Å². The molecule has 0 unspecified atom stereocenters. The van der Waals surface area contributed by atoms with Crippen molar-refractivity contribution in [3.63, 3.8) is 0 Å². The number of nitrogens with zero attached hydrogens (tertiary/aromatic N) is 4. The maximum atomic E-state index is 9.81. The first kappa shape index (κ1) is 50.6. The maximum Gasteiger partial charge on any atom is 0.252 e. The molecule has 0 spiro atoms. The summed E-state index contributed by atoms with van der Waals surface area (Å²) in [4.78, 5) is 5.04. The van der Waals surface area contributed by atoms with Crippen molar-refractivity contribution in [2.24, 2.45) is 0 Å². The van der Waals surface area contributed by atoms with Crippen molar-refractivity contribution in [1.29, 1.82) is 0 Å². The molecule has 0 atom stereocenters.